The van der Waals surface area contributed by atoms with Gasteiger partial charge in [0.05, 0.1) is 13.0 Å². The summed E-state index contributed by atoms with van der Waals surface area (Å²) >= 11 is 0. The van der Waals surface area contributed by atoms with Crippen molar-refractivity contribution < 1.29 is 13.9 Å². The van der Waals surface area contributed by atoms with E-state index in [1.54, 1.807) is 13.8 Å². The predicted molar refractivity (Wildman–Crippen MR) is 57.4 cm³/mol. The maximum Gasteiger partial charge on any atom is 0.339 e. The van der Waals surface area contributed by atoms with Gasteiger partial charge in [-0.3, -0.25) is 4.79 Å². The second-order valence-electron chi connectivity index (χ2n) is 4.16. The molecule has 0 aliphatic heterocycles. The van der Waals surface area contributed by atoms with Gasteiger partial charge in [-0.15, -0.1) is 0 Å². The van der Waals surface area contributed by atoms with Gasteiger partial charge >= 0.3 is 11.6 Å². The van der Waals surface area contributed by atoms with Crippen LogP contribution in [0.1, 0.15) is 22.5 Å². The minimum atomic E-state index is -0.304. The summed E-state index contributed by atoms with van der Waals surface area (Å²) in [6, 6.07) is 0. The van der Waals surface area contributed by atoms with Crippen LogP contribution in [-0.4, -0.2) is 13.1 Å². The standard InChI is InChI=1S/C12H14O4/c1-6-9-4-8(12(14)15-3)5-10(9)7(2)16-11(6)13/h8H,4-5H2,1-3H3. The van der Waals surface area contributed by atoms with Gasteiger partial charge < -0.3 is 9.15 Å². The zero-order chi connectivity index (χ0) is 11.9. The van der Waals surface area contributed by atoms with Crippen molar-refractivity contribution in [1.82, 2.24) is 0 Å². The van der Waals surface area contributed by atoms with Gasteiger partial charge in [-0.25, -0.2) is 4.79 Å². The highest BCUT2D eigenvalue weighted by Crippen LogP contribution is 2.30. The maximum atomic E-state index is 11.5. The van der Waals surface area contributed by atoms with E-state index < -0.39 is 0 Å². The molecule has 0 spiro atoms. The fourth-order valence-electron chi connectivity index (χ4n) is 2.28. The Labute approximate surface area is 93.2 Å². The Bertz CT molecular complexity index is 498. The summed E-state index contributed by atoms with van der Waals surface area (Å²) in [5.74, 6) is 0.230. The molecule has 0 N–H and O–H groups in total. The number of carbonyl (C=O) groups is 1. The number of carbonyl (C=O) groups excluding carboxylic acids is 1. The monoisotopic (exact) mass is 222 g/mol. The van der Waals surface area contributed by atoms with Crippen molar-refractivity contribution in [3.8, 4) is 0 Å². The van der Waals surface area contributed by atoms with Crippen molar-refractivity contribution in [1.29, 1.82) is 0 Å². The van der Waals surface area contributed by atoms with Crippen LogP contribution in [0.25, 0.3) is 0 Å². The summed E-state index contributed by atoms with van der Waals surface area (Å²) in [4.78, 5) is 22.9. The zero-order valence-electron chi connectivity index (χ0n) is 9.62. The molecule has 0 saturated heterocycles. The number of fused-ring (bicyclic) bond motifs is 1. The fourth-order valence-corrected chi connectivity index (χ4v) is 2.28. The third kappa shape index (κ3) is 1.54. The van der Waals surface area contributed by atoms with Crippen molar-refractivity contribution in [3.05, 3.63) is 32.9 Å². The minimum absolute atomic E-state index is 0.172. The van der Waals surface area contributed by atoms with Gasteiger partial charge in [0.15, 0.2) is 0 Å². The van der Waals surface area contributed by atoms with E-state index in [2.05, 4.69) is 0 Å². The second kappa shape index (κ2) is 3.77. The lowest BCUT2D eigenvalue weighted by Crippen LogP contribution is -2.16. The van der Waals surface area contributed by atoms with E-state index in [0.717, 1.165) is 11.1 Å². The Kier molecular flexibility index (Phi) is 2.58. The number of hydrogen-bond donors (Lipinski definition) is 0. The maximum absolute atomic E-state index is 11.5. The number of hydrogen-bond acceptors (Lipinski definition) is 4. The Hall–Kier alpha value is -1.58. The molecule has 1 aliphatic carbocycles. The Balaban J connectivity index is 2.45. The molecule has 0 aromatic carbocycles. The lowest BCUT2D eigenvalue weighted by atomic mass is 10.1. The van der Waals surface area contributed by atoms with Gasteiger partial charge in [0, 0.05) is 5.56 Å². The van der Waals surface area contributed by atoms with Crippen LogP contribution >= 0.6 is 0 Å². The fraction of sp³-hybridized carbons (Fsp3) is 0.500. The van der Waals surface area contributed by atoms with Gasteiger partial charge in [0.25, 0.3) is 0 Å². The Morgan fingerprint density at radius 3 is 2.56 bits per heavy atom. The molecule has 1 aromatic rings. The normalized spacial score (nSPS) is 18.3. The van der Waals surface area contributed by atoms with Gasteiger partial charge in [-0.05, 0) is 37.8 Å². The highest BCUT2D eigenvalue weighted by atomic mass is 16.5. The first-order chi connectivity index (χ1) is 7.54. The summed E-state index contributed by atoms with van der Waals surface area (Å²) in [6.07, 6.45) is 1.19. The van der Waals surface area contributed by atoms with E-state index in [4.69, 9.17) is 9.15 Å². The Morgan fingerprint density at radius 2 is 1.94 bits per heavy atom. The van der Waals surface area contributed by atoms with Crippen molar-refractivity contribution in [2.24, 2.45) is 5.92 Å². The van der Waals surface area contributed by atoms with Gasteiger partial charge in [0.2, 0.25) is 0 Å². The van der Waals surface area contributed by atoms with Crippen LogP contribution in [-0.2, 0) is 22.4 Å². The molecule has 1 heterocycles. The van der Waals surface area contributed by atoms with Crippen molar-refractivity contribution in [2.45, 2.75) is 26.7 Å². The third-order valence-electron chi connectivity index (χ3n) is 3.23. The van der Waals surface area contributed by atoms with Crippen LogP contribution < -0.4 is 5.63 Å². The van der Waals surface area contributed by atoms with Gasteiger partial charge in [0.1, 0.15) is 5.76 Å². The van der Waals surface area contributed by atoms with Gasteiger partial charge in [-0.1, -0.05) is 0 Å². The molecule has 86 valence electrons. The second-order valence-corrected chi connectivity index (χ2v) is 4.16. The van der Waals surface area contributed by atoms with E-state index in [1.165, 1.54) is 7.11 Å². The quantitative estimate of drug-likeness (QED) is 0.669. The largest absolute Gasteiger partial charge is 0.469 e. The molecule has 0 saturated carbocycles. The topological polar surface area (TPSA) is 56.5 Å². The number of esters is 1. The van der Waals surface area contributed by atoms with Gasteiger partial charge in [-0.2, -0.15) is 0 Å². The minimum Gasteiger partial charge on any atom is -0.469 e. The molecule has 1 aliphatic rings. The lowest BCUT2D eigenvalue weighted by Gasteiger charge is -2.04. The molecule has 0 radical (unpaired) electrons. The first-order valence-corrected chi connectivity index (χ1v) is 5.24. The molecular weight excluding hydrogens is 208 g/mol. The van der Waals surface area contributed by atoms with Crippen LogP contribution in [0.3, 0.4) is 0 Å². The zero-order valence-corrected chi connectivity index (χ0v) is 9.62. The highest BCUT2D eigenvalue weighted by molar-refractivity contribution is 5.74. The first-order valence-electron chi connectivity index (χ1n) is 5.24. The average Bonchev–Trinajstić information content (AvgIpc) is 2.70. The van der Waals surface area contributed by atoms with Crippen LogP contribution in [0.5, 0.6) is 0 Å². The average molecular weight is 222 g/mol. The molecule has 2 rings (SSSR count). The molecule has 4 heteroatoms. The van der Waals surface area contributed by atoms with Crippen LogP contribution in [0.2, 0.25) is 0 Å². The summed E-state index contributed by atoms with van der Waals surface area (Å²) in [5, 5.41) is 0. The van der Waals surface area contributed by atoms with Crippen molar-refractivity contribution >= 4 is 5.97 Å². The van der Waals surface area contributed by atoms with Crippen LogP contribution in [0.15, 0.2) is 9.21 Å². The Morgan fingerprint density at radius 1 is 1.31 bits per heavy atom. The summed E-state index contributed by atoms with van der Waals surface area (Å²) in [7, 11) is 1.38. The van der Waals surface area contributed by atoms with Crippen molar-refractivity contribution in [2.75, 3.05) is 7.11 Å². The third-order valence-corrected chi connectivity index (χ3v) is 3.23. The van der Waals surface area contributed by atoms with E-state index in [9.17, 15) is 9.59 Å². The SMILES string of the molecule is COC(=O)C1Cc2c(C)oc(=O)c(C)c2C1. The molecule has 16 heavy (non-hydrogen) atoms. The van der Waals surface area contributed by atoms with Crippen molar-refractivity contribution in [3.63, 3.8) is 0 Å². The smallest absolute Gasteiger partial charge is 0.339 e. The number of aryl methyl sites for hydroxylation is 1. The lowest BCUT2D eigenvalue weighted by molar-refractivity contribution is -0.145. The predicted octanol–water partition coefficient (Wildman–Crippen LogP) is 1.14. The van der Waals surface area contributed by atoms with E-state index in [-0.39, 0.29) is 17.5 Å². The molecule has 0 fully saturated rings. The molecule has 1 atom stereocenters. The van der Waals surface area contributed by atoms with E-state index >= 15 is 0 Å². The summed E-state index contributed by atoms with van der Waals surface area (Å²) in [6.45, 7) is 3.50. The molecule has 0 bridgehead atoms. The summed E-state index contributed by atoms with van der Waals surface area (Å²) in [5.41, 5.74) is 2.27. The number of ether oxygens (including phenoxy) is 1. The highest BCUT2D eigenvalue weighted by Gasteiger charge is 2.32. The molecule has 1 aromatic heterocycles. The molecule has 1 unspecified atom stereocenters. The molecule has 4 nitrogen and oxygen atoms in total. The first kappa shape index (κ1) is 10.9. The van der Waals surface area contributed by atoms with E-state index in [1.807, 2.05) is 0 Å². The number of rotatable bonds is 1. The number of methoxy groups -OCH3 is 1. The molecule has 0 amide bonds. The molecular formula is C12H14O4. The van der Waals surface area contributed by atoms with Crippen LogP contribution in [0.4, 0.5) is 0 Å². The summed E-state index contributed by atoms with van der Waals surface area (Å²) < 4.78 is 9.83. The van der Waals surface area contributed by atoms with Crippen LogP contribution in [0, 0.1) is 19.8 Å². The van der Waals surface area contributed by atoms with E-state index in [0.29, 0.717) is 24.2 Å².